The molecule has 0 spiro atoms. The lowest BCUT2D eigenvalue weighted by molar-refractivity contribution is -0.0326. The van der Waals surface area contributed by atoms with Crippen LogP contribution in [0.2, 0.25) is 0 Å². The zero-order chi connectivity index (χ0) is 14.4. The first-order valence-corrected chi connectivity index (χ1v) is 7.58. The summed E-state index contributed by atoms with van der Waals surface area (Å²) >= 11 is 5.60. The Morgan fingerprint density at radius 3 is 3.00 bits per heavy atom. The van der Waals surface area contributed by atoms with E-state index in [0.717, 1.165) is 24.2 Å². The number of alkyl halides is 1. The molecule has 1 atom stereocenters. The van der Waals surface area contributed by atoms with E-state index in [1.807, 2.05) is 24.3 Å². The van der Waals surface area contributed by atoms with Gasteiger partial charge in [-0.1, -0.05) is 17.9 Å². The second kappa shape index (κ2) is 7.02. The molecule has 1 aromatic rings. The molecule has 1 heterocycles. The predicted octanol–water partition coefficient (Wildman–Crippen LogP) is 4.00. The molecule has 2 nitrogen and oxygen atoms in total. The van der Waals surface area contributed by atoms with Gasteiger partial charge in [0.05, 0.1) is 11.7 Å². The molecule has 1 aliphatic heterocycles. The summed E-state index contributed by atoms with van der Waals surface area (Å²) in [7, 11) is 0. The third-order valence-electron chi connectivity index (χ3n) is 3.28. The third kappa shape index (κ3) is 4.74. The average Bonchev–Trinajstić information content (AvgIpc) is 2.77. The van der Waals surface area contributed by atoms with E-state index in [2.05, 4.69) is 25.7 Å². The van der Waals surface area contributed by atoms with Gasteiger partial charge in [-0.3, -0.25) is 0 Å². The molecule has 0 N–H and O–H groups in total. The highest BCUT2D eigenvalue weighted by atomic mass is 35.5. The van der Waals surface area contributed by atoms with E-state index in [1.165, 1.54) is 0 Å². The van der Waals surface area contributed by atoms with Crippen LogP contribution in [-0.2, 0) is 4.74 Å². The van der Waals surface area contributed by atoms with Gasteiger partial charge in [-0.15, -0.1) is 11.6 Å². The van der Waals surface area contributed by atoms with Crippen LogP contribution in [0.4, 0.5) is 0 Å². The molecule has 1 aliphatic rings. The van der Waals surface area contributed by atoms with Gasteiger partial charge in [0.25, 0.3) is 0 Å². The van der Waals surface area contributed by atoms with E-state index in [9.17, 15) is 0 Å². The standard InChI is InChI=1S/C17H21ClO2/c1-17(2)10-9-16(20-17)13-19-15-8-5-7-14(12-15)6-3-4-11-18/h5,7-8,12,16H,4,9-11,13H2,1-2H3. The van der Waals surface area contributed by atoms with Crippen LogP contribution in [0, 0.1) is 11.8 Å². The molecule has 1 saturated heterocycles. The van der Waals surface area contributed by atoms with Crippen molar-refractivity contribution in [1.29, 1.82) is 0 Å². The third-order valence-corrected chi connectivity index (χ3v) is 3.47. The highest BCUT2D eigenvalue weighted by Gasteiger charge is 2.31. The molecular weight excluding hydrogens is 272 g/mol. The minimum absolute atomic E-state index is 0.0110. The Hall–Kier alpha value is -1.17. The largest absolute Gasteiger partial charge is 0.491 e. The summed E-state index contributed by atoms with van der Waals surface area (Å²) in [6.07, 6.45) is 3.04. The van der Waals surface area contributed by atoms with Gasteiger partial charge in [-0.05, 0) is 44.9 Å². The maximum atomic E-state index is 5.91. The summed E-state index contributed by atoms with van der Waals surface area (Å²) in [6, 6.07) is 7.84. The maximum absolute atomic E-state index is 5.91. The fourth-order valence-electron chi connectivity index (χ4n) is 2.26. The zero-order valence-electron chi connectivity index (χ0n) is 12.1. The number of hydrogen-bond acceptors (Lipinski definition) is 2. The number of halogens is 1. The fourth-order valence-corrected chi connectivity index (χ4v) is 2.35. The van der Waals surface area contributed by atoms with E-state index < -0.39 is 0 Å². The van der Waals surface area contributed by atoms with Crippen molar-refractivity contribution in [1.82, 2.24) is 0 Å². The summed E-state index contributed by atoms with van der Waals surface area (Å²) in [6.45, 7) is 4.85. The number of ether oxygens (including phenoxy) is 2. The first kappa shape index (κ1) is 15.2. The van der Waals surface area contributed by atoms with Crippen LogP contribution in [0.25, 0.3) is 0 Å². The highest BCUT2D eigenvalue weighted by molar-refractivity contribution is 6.18. The van der Waals surface area contributed by atoms with Gasteiger partial charge in [0.15, 0.2) is 0 Å². The Morgan fingerprint density at radius 2 is 2.30 bits per heavy atom. The lowest BCUT2D eigenvalue weighted by atomic mass is 10.1. The Morgan fingerprint density at radius 1 is 1.45 bits per heavy atom. The van der Waals surface area contributed by atoms with Crippen LogP contribution >= 0.6 is 11.6 Å². The van der Waals surface area contributed by atoms with Crippen molar-refractivity contribution in [3.63, 3.8) is 0 Å². The van der Waals surface area contributed by atoms with Gasteiger partial charge in [-0.25, -0.2) is 0 Å². The van der Waals surface area contributed by atoms with E-state index in [4.69, 9.17) is 21.1 Å². The smallest absolute Gasteiger partial charge is 0.120 e. The topological polar surface area (TPSA) is 18.5 Å². The Balaban J connectivity index is 1.87. The minimum Gasteiger partial charge on any atom is -0.491 e. The fraction of sp³-hybridized carbons (Fsp3) is 0.529. The van der Waals surface area contributed by atoms with Gasteiger partial charge in [0, 0.05) is 17.9 Å². The van der Waals surface area contributed by atoms with Crippen molar-refractivity contribution in [2.45, 2.75) is 44.8 Å². The second-order valence-electron chi connectivity index (χ2n) is 5.62. The average molecular weight is 293 g/mol. The van der Waals surface area contributed by atoms with Crippen LogP contribution in [0.3, 0.4) is 0 Å². The van der Waals surface area contributed by atoms with Crippen LogP contribution in [0.15, 0.2) is 24.3 Å². The Labute approximate surface area is 126 Å². The van der Waals surface area contributed by atoms with E-state index in [-0.39, 0.29) is 11.7 Å². The van der Waals surface area contributed by atoms with Crippen molar-refractivity contribution in [3.8, 4) is 17.6 Å². The SMILES string of the molecule is CC1(C)CCC(COc2cccc(C#CCCCl)c2)O1. The molecule has 0 bridgehead atoms. The van der Waals surface area contributed by atoms with Gasteiger partial charge < -0.3 is 9.47 Å². The van der Waals surface area contributed by atoms with Crippen molar-refractivity contribution < 1.29 is 9.47 Å². The number of benzene rings is 1. The number of hydrogen-bond donors (Lipinski definition) is 0. The molecule has 0 aliphatic carbocycles. The first-order chi connectivity index (χ1) is 9.59. The van der Waals surface area contributed by atoms with Gasteiger partial charge in [0.1, 0.15) is 12.4 Å². The molecule has 0 saturated carbocycles. The molecule has 20 heavy (non-hydrogen) atoms. The van der Waals surface area contributed by atoms with Crippen molar-refractivity contribution in [3.05, 3.63) is 29.8 Å². The molecule has 1 fully saturated rings. The molecule has 0 aromatic heterocycles. The van der Waals surface area contributed by atoms with Gasteiger partial charge in [-0.2, -0.15) is 0 Å². The van der Waals surface area contributed by atoms with Crippen molar-refractivity contribution >= 4 is 11.6 Å². The molecule has 0 radical (unpaired) electrons. The molecule has 1 unspecified atom stereocenters. The quantitative estimate of drug-likeness (QED) is 0.617. The summed E-state index contributed by atoms with van der Waals surface area (Å²) in [5, 5.41) is 0. The molecule has 108 valence electrons. The van der Waals surface area contributed by atoms with Crippen LogP contribution in [0.5, 0.6) is 5.75 Å². The lowest BCUT2D eigenvalue weighted by Crippen LogP contribution is -2.23. The minimum atomic E-state index is -0.0110. The van der Waals surface area contributed by atoms with E-state index >= 15 is 0 Å². The summed E-state index contributed by atoms with van der Waals surface area (Å²) < 4.78 is 11.7. The molecule has 2 rings (SSSR count). The second-order valence-corrected chi connectivity index (χ2v) is 6.00. The summed E-state index contributed by atoms with van der Waals surface area (Å²) in [5.41, 5.74) is 0.948. The number of rotatable bonds is 4. The molecule has 3 heteroatoms. The maximum Gasteiger partial charge on any atom is 0.120 e. The zero-order valence-corrected chi connectivity index (χ0v) is 12.9. The van der Waals surface area contributed by atoms with Crippen molar-refractivity contribution in [2.24, 2.45) is 0 Å². The predicted molar refractivity (Wildman–Crippen MR) is 82.3 cm³/mol. The Kier molecular flexibility index (Phi) is 5.34. The van der Waals surface area contributed by atoms with E-state index in [0.29, 0.717) is 18.9 Å². The van der Waals surface area contributed by atoms with Gasteiger partial charge in [0.2, 0.25) is 0 Å². The van der Waals surface area contributed by atoms with E-state index in [1.54, 1.807) is 0 Å². The van der Waals surface area contributed by atoms with Crippen LogP contribution in [0.1, 0.15) is 38.7 Å². The first-order valence-electron chi connectivity index (χ1n) is 7.04. The van der Waals surface area contributed by atoms with Gasteiger partial charge >= 0.3 is 0 Å². The summed E-state index contributed by atoms with van der Waals surface area (Å²) in [4.78, 5) is 0. The van der Waals surface area contributed by atoms with Crippen molar-refractivity contribution in [2.75, 3.05) is 12.5 Å². The lowest BCUT2D eigenvalue weighted by Gasteiger charge is -2.19. The molecule has 1 aromatic carbocycles. The highest BCUT2D eigenvalue weighted by Crippen LogP contribution is 2.29. The van der Waals surface area contributed by atoms with Crippen LogP contribution < -0.4 is 4.74 Å². The molecular formula is C17H21ClO2. The summed E-state index contributed by atoms with van der Waals surface area (Å²) in [5.74, 6) is 7.52. The normalized spacial score (nSPS) is 20.2. The Bertz CT molecular complexity index is 499. The monoisotopic (exact) mass is 292 g/mol. The van der Waals surface area contributed by atoms with Crippen LogP contribution in [-0.4, -0.2) is 24.2 Å². The molecule has 0 amide bonds.